The van der Waals surface area contributed by atoms with Crippen LogP contribution in [0.4, 0.5) is 4.79 Å². The maximum atomic E-state index is 11.9. The predicted octanol–water partition coefficient (Wildman–Crippen LogP) is 3.87. The number of hydrogen-bond acceptors (Lipinski definition) is 6. The van der Waals surface area contributed by atoms with Crippen LogP contribution in [-0.2, 0) is 16.1 Å². The van der Waals surface area contributed by atoms with Gasteiger partial charge in [0.25, 0.3) is 0 Å². The van der Waals surface area contributed by atoms with E-state index in [2.05, 4.69) is 4.72 Å². The summed E-state index contributed by atoms with van der Waals surface area (Å²) in [6, 6.07) is 14.7. The summed E-state index contributed by atoms with van der Waals surface area (Å²) < 4.78 is 18.3. The minimum absolute atomic E-state index is 0.0229. The summed E-state index contributed by atoms with van der Waals surface area (Å²) in [4.78, 5) is 23.5. The number of carbonyl (C=O) groups excluding carboxylic acids is 2. The summed E-state index contributed by atoms with van der Waals surface area (Å²) >= 11 is 1.28. The number of rotatable bonds is 5. The molecule has 0 spiro atoms. The molecule has 0 unspecified atom stereocenters. The van der Waals surface area contributed by atoms with E-state index in [9.17, 15) is 9.59 Å². The molecule has 0 aromatic heterocycles. The first-order chi connectivity index (χ1) is 12.7. The van der Waals surface area contributed by atoms with Crippen LogP contribution < -0.4 is 9.46 Å². The van der Waals surface area contributed by atoms with Gasteiger partial charge in [-0.05, 0) is 36.1 Å². The molecule has 0 radical (unpaired) electrons. The summed E-state index contributed by atoms with van der Waals surface area (Å²) in [6.07, 6.45) is 0.256. The third kappa shape index (κ3) is 4.49. The lowest BCUT2D eigenvalue weighted by Crippen LogP contribution is -2.21. The van der Waals surface area contributed by atoms with Gasteiger partial charge in [0.2, 0.25) is 0 Å². The molecular formula is C19H19NO5S. The summed E-state index contributed by atoms with van der Waals surface area (Å²) in [5.74, 6) is 0.227. The van der Waals surface area contributed by atoms with Crippen LogP contribution in [0.5, 0.6) is 5.75 Å². The summed E-state index contributed by atoms with van der Waals surface area (Å²) in [7, 11) is 1.34. The first-order valence-electron chi connectivity index (χ1n) is 8.15. The van der Waals surface area contributed by atoms with Gasteiger partial charge in [-0.25, -0.2) is 9.59 Å². The molecular weight excluding hydrogens is 354 g/mol. The van der Waals surface area contributed by atoms with Gasteiger partial charge in [-0.2, -0.15) is 0 Å². The Balaban J connectivity index is 1.56. The van der Waals surface area contributed by atoms with Crippen molar-refractivity contribution in [3.05, 3.63) is 65.2 Å². The van der Waals surface area contributed by atoms with Crippen molar-refractivity contribution in [2.45, 2.75) is 18.3 Å². The number of amides is 1. The van der Waals surface area contributed by atoms with Crippen LogP contribution in [0.15, 0.2) is 48.5 Å². The molecule has 0 aliphatic carbocycles. The Morgan fingerprint density at radius 3 is 2.81 bits per heavy atom. The van der Waals surface area contributed by atoms with E-state index < -0.39 is 12.1 Å². The Kier molecular flexibility index (Phi) is 6.01. The number of ether oxygens (including phenoxy) is 3. The molecule has 3 rings (SSSR count). The fraction of sp³-hybridized carbons (Fsp3) is 0.263. The molecule has 2 aromatic carbocycles. The highest BCUT2D eigenvalue weighted by atomic mass is 32.2. The average Bonchev–Trinajstić information content (AvgIpc) is 2.70. The van der Waals surface area contributed by atoms with Gasteiger partial charge in [-0.3, -0.25) is 4.72 Å². The second-order valence-corrected chi connectivity index (χ2v) is 6.66. The number of fused-ring (bicyclic) bond motifs is 1. The standard InChI is InChI=1S/C19H19NO5S/c1-23-18(21)14-7-8-15-16(11-14)24-10-9-17(15)26-20-19(22)25-12-13-5-3-2-4-6-13/h2-8,11,17H,9-10,12H2,1H3,(H,20,22)/t17-/m0/s1. The Bertz CT molecular complexity index is 781. The number of methoxy groups -OCH3 is 1. The molecule has 0 saturated carbocycles. The SMILES string of the molecule is COC(=O)c1ccc2c(c1)OCC[C@@H]2SNC(=O)OCc1ccccc1. The highest BCUT2D eigenvalue weighted by Gasteiger charge is 2.24. The molecule has 1 N–H and O–H groups in total. The van der Waals surface area contributed by atoms with Crippen LogP contribution in [-0.4, -0.2) is 25.8 Å². The van der Waals surface area contributed by atoms with E-state index in [1.165, 1.54) is 19.1 Å². The maximum absolute atomic E-state index is 11.9. The summed E-state index contributed by atoms with van der Waals surface area (Å²) in [5.41, 5.74) is 2.30. The zero-order valence-electron chi connectivity index (χ0n) is 14.3. The van der Waals surface area contributed by atoms with Crippen molar-refractivity contribution < 1.29 is 23.8 Å². The number of hydrogen-bond donors (Lipinski definition) is 1. The van der Waals surface area contributed by atoms with E-state index in [0.717, 1.165) is 17.5 Å². The van der Waals surface area contributed by atoms with E-state index in [-0.39, 0.29) is 11.9 Å². The minimum atomic E-state index is -0.488. The molecule has 1 aliphatic rings. The van der Waals surface area contributed by atoms with E-state index in [1.807, 2.05) is 36.4 Å². The molecule has 2 aromatic rings. The van der Waals surface area contributed by atoms with E-state index in [0.29, 0.717) is 17.9 Å². The van der Waals surface area contributed by atoms with Crippen molar-refractivity contribution in [3.8, 4) is 5.75 Å². The third-order valence-corrected chi connectivity index (χ3v) is 4.98. The first kappa shape index (κ1) is 18.1. The molecule has 0 saturated heterocycles. The lowest BCUT2D eigenvalue weighted by atomic mass is 10.0. The smallest absolute Gasteiger partial charge is 0.417 e. The van der Waals surface area contributed by atoms with Gasteiger partial charge in [0, 0.05) is 5.56 Å². The molecule has 1 aliphatic heterocycles. The van der Waals surface area contributed by atoms with Crippen molar-refractivity contribution >= 4 is 24.0 Å². The normalized spacial score (nSPS) is 15.3. The average molecular weight is 373 g/mol. The van der Waals surface area contributed by atoms with Crippen LogP contribution in [0.25, 0.3) is 0 Å². The van der Waals surface area contributed by atoms with Gasteiger partial charge >= 0.3 is 12.1 Å². The monoisotopic (exact) mass is 373 g/mol. The largest absolute Gasteiger partial charge is 0.493 e. The van der Waals surface area contributed by atoms with Crippen molar-refractivity contribution in [1.82, 2.24) is 4.72 Å². The highest BCUT2D eigenvalue weighted by Crippen LogP contribution is 2.40. The first-order valence-corrected chi connectivity index (χ1v) is 9.02. The zero-order chi connectivity index (χ0) is 18.4. The topological polar surface area (TPSA) is 73.9 Å². The van der Waals surface area contributed by atoms with Crippen molar-refractivity contribution in [2.24, 2.45) is 0 Å². The van der Waals surface area contributed by atoms with Crippen molar-refractivity contribution in [1.29, 1.82) is 0 Å². The van der Waals surface area contributed by atoms with Crippen LogP contribution in [0.3, 0.4) is 0 Å². The molecule has 6 nitrogen and oxygen atoms in total. The minimum Gasteiger partial charge on any atom is -0.493 e. The number of esters is 1. The fourth-order valence-electron chi connectivity index (χ4n) is 2.60. The quantitative estimate of drug-likeness (QED) is 0.633. The maximum Gasteiger partial charge on any atom is 0.417 e. The number of benzene rings is 2. The molecule has 26 heavy (non-hydrogen) atoms. The fourth-order valence-corrected chi connectivity index (χ4v) is 3.43. The second kappa shape index (κ2) is 8.62. The Morgan fingerprint density at radius 1 is 1.23 bits per heavy atom. The molecule has 136 valence electrons. The van der Waals surface area contributed by atoms with Crippen molar-refractivity contribution in [3.63, 3.8) is 0 Å². The van der Waals surface area contributed by atoms with Crippen molar-refractivity contribution in [2.75, 3.05) is 13.7 Å². The Hall–Kier alpha value is -2.67. The van der Waals surface area contributed by atoms with Crippen LogP contribution in [0.2, 0.25) is 0 Å². The van der Waals surface area contributed by atoms with Gasteiger partial charge in [0.1, 0.15) is 12.4 Å². The lowest BCUT2D eigenvalue weighted by Gasteiger charge is -2.25. The highest BCUT2D eigenvalue weighted by molar-refractivity contribution is 7.98. The number of carbonyl (C=O) groups is 2. The van der Waals surface area contributed by atoms with Gasteiger partial charge in [-0.1, -0.05) is 36.4 Å². The summed E-state index contributed by atoms with van der Waals surface area (Å²) in [5, 5.41) is 0.0229. The molecule has 0 bridgehead atoms. The van der Waals surface area contributed by atoms with Crippen LogP contribution in [0.1, 0.15) is 33.2 Å². The van der Waals surface area contributed by atoms with E-state index in [4.69, 9.17) is 14.2 Å². The molecule has 0 fully saturated rings. The molecule has 1 amide bonds. The van der Waals surface area contributed by atoms with Crippen LogP contribution >= 0.6 is 11.9 Å². The van der Waals surface area contributed by atoms with Gasteiger partial charge in [0.05, 0.1) is 24.5 Å². The molecule has 7 heteroatoms. The lowest BCUT2D eigenvalue weighted by molar-refractivity contribution is 0.0600. The van der Waals surface area contributed by atoms with Gasteiger partial charge < -0.3 is 14.2 Å². The van der Waals surface area contributed by atoms with Gasteiger partial charge in [0.15, 0.2) is 0 Å². The number of nitrogens with one attached hydrogen (secondary N) is 1. The van der Waals surface area contributed by atoms with Gasteiger partial charge in [-0.15, -0.1) is 0 Å². The predicted molar refractivity (Wildman–Crippen MR) is 98.0 cm³/mol. The summed E-state index contributed by atoms with van der Waals surface area (Å²) in [6.45, 7) is 0.732. The van der Waals surface area contributed by atoms with E-state index in [1.54, 1.807) is 12.1 Å². The zero-order valence-corrected chi connectivity index (χ0v) is 15.1. The molecule has 1 heterocycles. The molecule has 1 atom stereocenters. The Morgan fingerprint density at radius 2 is 2.04 bits per heavy atom. The second-order valence-electron chi connectivity index (χ2n) is 5.65. The third-order valence-electron chi connectivity index (χ3n) is 3.92. The Labute approximate surface area is 156 Å². The van der Waals surface area contributed by atoms with Crippen LogP contribution in [0, 0.1) is 0 Å². The van der Waals surface area contributed by atoms with E-state index >= 15 is 0 Å².